The van der Waals surface area contributed by atoms with E-state index in [-0.39, 0.29) is 45.6 Å². The summed E-state index contributed by atoms with van der Waals surface area (Å²) in [6.45, 7) is 0. The summed E-state index contributed by atoms with van der Waals surface area (Å²) in [5, 5.41) is 0. The van der Waals surface area contributed by atoms with E-state index in [9.17, 15) is 63.1 Å². The lowest BCUT2D eigenvalue weighted by Crippen LogP contribution is -2.14. The molecule has 6 aromatic rings. The van der Waals surface area contributed by atoms with E-state index in [1.165, 1.54) is 48.5 Å². The van der Waals surface area contributed by atoms with Gasteiger partial charge in [-0.25, -0.2) is 43.9 Å². The molecule has 0 unspecified atom stereocenters. The Morgan fingerprint density at radius 2 is 0.519 bits per heavy atom. The van der Waals surface area contributed by atoms with Crippen LogP contribution in [0.15, 0.2) is 48.5 Å². The summed E-state index contributed by atoms with van der Waals surface area (Å²) in [5.74, 6) is -23.9. The van der Waals surface area contributed by atoms with Crippen molar-refractivity contribution in [3.8, 4) is 0 Å². The maximum atomic E-state index is 14.3. The minimum atomic E-state index is -2.28. The zero-order valence-corrected chi connectivity index (χ0v) is 25.5. The van der Waals surface area contributed by atoms with Gasteiger partial charge < -0.3 is 19.9 Å². The number of H-pyrrole nitrogens is 4. The van der Waals surface area contributed by atoms with E-state index < -0.39 is 81.1 Å². The van der Waals surface area contributed by atoms with E-state index in [0.717, 1.165) is 0 Å². The molecular weight excluding hydrogens is 718 g/mol. The van der Waals surface area contributed by atoms with Gasteiger partial charge in [0.1, 0.15) is 0 Å². The van der Waals surface area contributed by atoms with Crippen molar-refractivity contribution in [2.45, 2.75) is 11.8 Å². The highest BCUT2D eigenvalue weighted by Crippen LogP contribution is 2.38. The van der Waals surface area contributed by atoms with Gasteiger partial charge in [0, 0.05) is 33.9 Å². The summed E-state index contributed by atoms with van der Waals surface area (Å²) in [6, 6.07) is 10.2. The Labute approximate surface area is 283 Å². The minimum absolute atomic E-state index is 0.00499. The van der Waals surface area contributed by atoms with Crippen molar-refractivity contribution in [3.63, 3.8) is 0 Å². The second kappa shape index (κ2) is 14.8. The number of carbonyl (C=O) groups excluding carboxylic acids is 4. The smallest absolute Gasteiger partial charge is 0.200 e. The standard InChI is InChI=1S/2C17H9F5N2O2/c2*18-13-12(14(19)16(21)17(22)15(13)20)11(9-3-1-7(5-25)23-9)10-4-2-8(6-26)24-10/h2*1-6,11,23-24H. The number of carbonyl (C=O) groups is 4. The van der Waals surface area contributed by atoms with Crippen molar-refractivity contribution < 1.29 is 63.1 Å². The van der Waals surface area contributed by atoms with Gasteiger partial charge >= 0.3 is 0 Å². The van der Waals surface area contributed by atoms with Crippen molar-refractivity contribution >= 4 is 25.1 Å². The second-order valence-corrected chi connectivity index (χ2v) is 10.8. The summed E-state index contributed by atoms with van der Waals surface area (Å²) < 4.78 is 139. The van der Waals surface area contributed by atoms with Crippen molar-refractivity contribution in [2.75, 3.05) is 0 Å². The Bertz CT molecular complexity index is 2030. The van der Waals surface area contributed by atoms with Crippen LogP contribution >= 0.6 is 0 Å². The van der Waals surface area contributed by atoms with Crippen LogP contribution in [0.3, 0.4) is 0 Å². The first-order chi connectivity index (χ1) is 24.8. The van der Waals surface area contributed by atoms with Crippen molar-refractivity contribution in [2.24, 2.45) is 0 Å². The normalized spacial score (nSPS) is 11.2. The first kappa shape index (κ1) is 36.8. The molecule has 8 nitrogen and oxygen atoms in total. The van der Waals surface area contributed by atoms with Gasteiger partial charge in [0.15, 0.2) is 71.7 Å². The molecule has 2 aromatic carbocycles. The number of aldehydes is 4. The molecule has 6 rings (SSSR count). The number of hydrogen-bond acceptors (Lipinski definition) is 4. The molecule has 0 fully saturated rings. The molecule has 52 heavy (non-hydrogen) atoms. The molecule has 0 aliphatic heterocycles. The summed E-state index contributed by atoms with van der Waals surface area (Å²) in [4.78, 5) is 53.6. The predicted molar refractivity (Wildman–Crippen MR) is 159 cm³/mol. The molecule has 4 aromatic heterocycles. The van der Waals surface area contributed by atoms with Crippen LogP contribution in [0.2, 0.25) is 0 Å². The fraction of sp³-hybridized carbons (Fsp3) is 0.0588. The molecular formula is C34H18F10N4O4. The zero-order chi connectivity index (χ0) is 38.0. The Morgan fingerprint density at radius 3 is 0.692 bits per heavy atom. The Balaban J connectivity index is 0.000000201. The molecule has 0 spiro atoms. The Kier molecular flexibility index (Phi) is 10.5. The van der Waals surface area contributed by atoms with Crippen LogP contribution in [0.5, 0.6) is 0 Å². The van der Waals surface area contributed by atoms with Gasteiger partial charge in [-0.2, -0.15) is 0 Å². The van der Waals surface area contributed by atoms with Gasteiger partial charge in [0.05, 0.1) is 34.6 Å². The number of aromatic nitrogens is 4. The van der Waals surface area contributed by atoms with E-state index in [0.29, 0.717) is 25.1 Å². The molecule has 0 bridgehead atoms. The predicted octanol–water partition coefficient (Wildman–Crippen LogP) is 7.69. The zero-order valence-electron chi connectivity index (χ0n) is 25.5. The van der Waals surface area contributed by atoms with Gasteiger partial charge in [-0.05, 0) is 48.5 Å². The quantitative estimate of drug-likeness (QED) is 0.0497. The van der Waals surface area contributed by atoms with Gasteiger partial charge in [0.2, 0.25) is 11.6 Å². The lowest BCUT2D eigenvalue weighted by molar-refractivity contribution is 0.111. The van der Waals surface area contributed by atoms with E-state index in [1.54, 1.807) is 0 Å². The highest BCUT2D eigenvalue weighted by molar-refractivity contribution is 5.74. The topological polar surface area (TPSA) is 131 Å². The van der Waals surface area contributed by atoms with Crippen molar-refractivity contribution in [1.29, 1.82) is 0 Å². The number of halogens is 10. The summed E-state index contributed by atoms with van der Waals surface area (Å²) in [5.41, 5.74) is -2.09. The number of benzene rings is 2. The van der Waals surface area contributed by atoms with Crippen molar-refractivity contribution in [1.82, 2.24) is 19.9 Å². The summed E-state index contributed by atoms with van der Waals surface area (Å²) >= 11 is 0. The fourth-order valence-corrected chi connectivity index (χ4v) is 5.37. The molecule has 0 atom stereocenters. The van der Waals surface area contributed by atoms with E-state index in [2.05, 4.69) is 19.9 Å². The van der Waals surface area contributed by atoms with Crippen molar-refractivity contribution in [3.05, 3.63) is 163 Å². The monoisotopic (exact) mass is 736 g/mol. The third-order valence-electron chi connectivity index (χ3n) is 7.74. The SMILES string of the molecule is O=Cc1ccc(C(c2ccc(C=O)[nH]2)c2c(F)c(F)c(F)c(F)c2F)[nH]1.O=Cc1ccc(C(c2ccc(C=O)[nH]2)c2c(F)c(F)c(F)c(F)c2F)[nH]1. The van der Waals surface area contributed by atoms with Crippen LogP contribution in [0.4, 0.5) is 43.9 Å². The van der Waals surface area contributed by atoms with E-state index >= 15 is 0 Å². The maximum Gasteiger partial charge on any atom is 0.200 e. The van der Waals surface area contributed by atoms with Crippen LogP contribution in [-0.2, 0) is 0 Å². The van der Waals surface area contributed by atoms with Crippen LogP contribution in [-0.4, -0.2) is 45.1 Å². The highest BCUT2D eigenvalue weighted by atomic mass is 19.2. The average Bonchev–Trinajstić information content (AvgIpc) is 3.99. The van der Waals surface area contributed by atoms with E-state index in [4.69, 9.17) is 0 Å². The van der Waals surface area contributed by atoms with Gasteiger partial charge in [0.25, 0.3) is 0 Å². The number of aromatic amines is 4. The van der Waals surface area contributed by atoms with Gasteiger partial charge in [-0.3, -0.25) is 19.2 Å². The molecule has 0 radical (unpaired) electrons. The minimum Gasteiger partial charge on any atom is -0.355 e. The molecule has 0 aliphatic rings. The van der Waals surface area contributed by atoms with Crippen LogP contribution in [0.1, 0.15) is 87.7 Å². The Morgan fingerprint density at radius 1 is 0.327 bits per heavy atom. The molecule has 0 saturated heterocycles. The molecule has 4 N–H and O–H groups in total. The molecule has 0 saturated carbocycles. The second-order valence-electron chi connectivity index (χ2n) is 10.8. The van der Waals surface area contributed by atoms with Crippen LogP contribution < -0.4 is 0 Å². The molecule has 18 heteroatoms. The average molecular weight is 737 g/mol. The van der Waals surface area contributed by atoms with Crippen LogP contribution in [0, 0.1) is 58.2 Å². The van der Waals surface area contributed by atoms with Gasteiger partial charge in [-0.1, -0.05) is 0 Å². The Hall–Kier alpha value is -6.46. The fourth-order valence-electron chi connectivity index (χ4n) is 5.37. The number of hydrogen-bond donors (Lipinski definition) is 4. The third kappa shape index (κ3) is 6.57. The van der Waals surface area contributed by atoms with E-state index in [1.807, 2.05) is 0 Å². The van der Waals surface area contributed by atoms with Crippen LogP contribution in [0.25, 0.3) is 0 Å². The highest BCUT2D eigenvalue weighted by Gasteiger charge is 2.35. The largest absolute Gasteiger partial charge is 0.355 e. The number of rotatable bonds is 10. The molecule has 268 valence electrons. The molecule has 4 heterocycles. The van der Waals surface area contributed by atoms with Gasteiger partial charge in [-0.15, -0.1) is 0 Å². The lowest BCUT2D eigenvalue weighted by atomic mass is 9.91. The lowest BCUT2D eigenvalue weighted by Gasteiger charge is -2.18. The first-order valence-electron chi connectivity index (χ1n) is 14.4. The maximum absolute atomic E-state index is 14.3. The first-order valence-corrected chi connectivity index (χ1v) is 14.4. The molecule has 0 aliphatic carbocycles. The number of nitrogens with one attached hydrogen (secondary N) is 4. The summed E-state index contributed by atoms with van der Waals surface area (Å²) in [6.07, 6.45) is 1.69. The third-order valence-corrected chi connectivity index (χ3v) is 7.74. The summed E-state index contributed by atoms with van der Waals surface area (Å²) in [7, 11) is 0. The molecule has 0 amide bonds.